The van der Waals surface area contributed by atoms with Gasteiger partial charge in [0.2, 0.25) is 0 Å². The number of rotatable bonds is 4. The molecular formula is C14H14O3S. The second-order valence-corrected chi connectivity index (χ2v) is 5.67. The van der Waals surface area contributed by atoms with E-state index in [1.54, 1.807) is 0 Å². The van der Waals surface area contributed by atoms with Gasteiger partial charge in [-0.15, -0.1) is 0 Å². The molecule has 1 N–H and O–H groups in total. The van der Waals surface area contributed by atoms with Crippen LogP contribution >= 0.6 is 0 Å². The number of hydrogen-bond acceptors (Lipinski definition) is 2. The van der Waals surface area contributed by atoms with Crippen molar-refractivity contribution in [3.63, 3.8) is 0 Å². The number of hydrogen-bond donors (Lipinski definition) is 1. The summed E-state index contributed by atoms with van der Waals surface area (Å²) >= 11 is 0. The maximum absolute atomic E-state index is 10.6. The topological polar surface area (TPSA) is 54.4 Å². The van der Waals surface area contributed by atoms with E-state index >= 15 is 0 Å². The average Bonchev–Trinajstić information content (AvgIpc) is 2.37. The first-order valence-electron chi connectivity index (χ1n) is 5.64. The lowest BCUT2D eigenvalue weighted by Gasteiger charge is -2.03. The van der Waals surface area contributed by atoms with E-state index in [2.05, 4.69) is 0 Å². The van der Waals surface area contributed by atoms with Gasteiger partial charge in [-0.3, -0.25) is 4.55 Å². The molecule has 0 amide bonds. The van der Waals surface area contributed by atoms with E-state index in [1.165, 1.54) is 0 Å². The molecule has 0 saturated carbocycles. The summed E-state index contributed by atoms with van der Waals surface area (Å²) in [5.74, 6) is -0.238. The zero-order chi connectivity index (χ0) is 13.0. The van der Waals surface area contributed by atoms with Gasteiger partial charge in [0.05, 0.1) is 5.75 Å². The van der Waals surface area contributed by atoms with Gasteiger partial charge in [0.25, 0.3) is 10.1 Å². The van der Waals surface area contributed by atoms with E-state index in [0.29, 0.717) is 6.42 Å². The van der Waals surface area contributed by atoms with E-state index < -0.39 is 10.1 Å². The van der Waals surface area contributed by atoms with Crippen LogP contribution in [-0.4, -0.2) is 18.7 Å². The Kier molecular flexibility index (Phi) is 3.79. The molecule has 2 aromatic carbocycles. The van der Waals surface area contributed by atoms with Crippen molar-refractivity contribution in [3.05, 3.63) is 60.2 Å². The molecule has 0 radical (unpaired) electrons. The van der Waals surface area contributed by atoms with Gasteiger partial charge in [-0.25, -0.2) is 0 Å². The predicted molar refractivity (Wildman–Crippen MR) is 72.0 cm³/mol. The monoisotopic (exact) mass is 262 g/mol. The fourth-order valence-electron chi connectivity index (χ4n) is 1.74. The molecule has 0 aliphatic rings. The summed E-state index contributed by atoms with van der Waals surface area (Å²) in [7, 11) is -3.88. The summed E-state index contributed by atoms with van der Waals surface area (Å²) < 4.78 is 30.0. The molecule has 0 saturated heterocycles. The zero-order valence-electron chi connectivity index (χ0n) is 9.78. The van der Waals surface area contributed by atoms with Gasteiger partial charge in [-0.05, 0) is 23.1 Å². The van der Waals surface area contributed by atoms with Crippen molar-refractivity contribution in [2.45, 2.75) is 6.42 Å². The van der Waals surface area contributed by atoms with E-state index in [9.17, 15) is 8.42 Å². The van der Waals surface area contributed by atoms with Crippen LogP contribution in [0.1, 0.15) is 5.56 Å². The largest absolute Gasteiger partial charge is 0.286 e. The van der Waals surface area contributed by atoms with Crippen molar-refractivity contribution in [1.29, 1.82) is 0 Å². The lowest BCUT2D eigenvalue weighted by molar-refractivity contribution is 0.482. The third-order valence-corrected chi connectivity index (χ3v) is 3.43. The van der Waals surface area contributed by atoms with Gasteiger partial charge < -0.3 is 0 Å². The first-order chi connectivity index (χ1) is 8.54. The number of aryl methyl sites for hydroxylation is 1. The molecule has 0 atom stereocenters. The van der Waals surface area contributed by atoms with Crippen LogP contribution in [0.15, 0.2) is 54.6 Å². The van der Waals surface area contributed by atoms with Crippen LogP contribution in [0.5, 0.6) is 0 Å². The molecule has 4 heteroatoms. The van der Waals surface area contributed by atoms with E-state index in [0.717, 1.165) is 16.7 Å². The molecule has 0 aliphatic heterocycles. The Balaban J connectivity index is 2.11. The molecule has 0 aromatic heterocycles. The van der Waals surface area contributed by atoms with Crippen LogP contribution < -0.4 is 0 Å². The highest BCUT2D eigenvalue weighted by Gasteiger charge is 2.05. The Labute approximate surface area is 107 Å². The van der Waals surface area contributed by atoms with Crippen LogP contribution in [0.2, 0.25) is 0 Å². The number of benzene rings is 2. The Morgan fingerprint density at radius 2 is 1.39 bits per heavy atom. The zero-order valence-corrected chi connectivity index (χ0v) is 10.6. The predicted octanol–water partition coefficient (Wildman–Crippen LogP) is 2.78. The van der Waals surface area contributed by atoms with Gasteiger partial charge in [-0.1, -0.05) is 54.6 Å². The van der Waals surface area contributed by atoms with Crippen LogP contribution in [0.25, 0.3) is 11.1 Å². The van der Waals surface area contributed by atoms with Crippen LogP contribution in [0, 0.1) is 0 Å². The summed E-state index contributed by atoms with van der Waals surface area (Å²) in [6, 6.07) is 17.6. The fraction of sp³-hybridized carbons (Fsp3) is 0.143. The quantitative estimate of drug-likeness (QED) is 0.862. The van der Waals surface area contributed by atoms with E-state index in [4.69, 9.17) is 4.55 Å². The first-order valence-corrected chi connectivity index (χ1v) is 7.25. The molecule has 2 aromatic rings. The van der Waals surface area contributed by atoms with Crippen LogP contribution in [0.4, 0.5) is 0 Å². The smallest absolute Gasteiger partial charge is 0.265 e. The molecule has 0 heterocycles. The van der Waals surface area contributed by atoms with Gasteiger partial charge in [0.1, 0.15) is 0 Å². The van der Waals surface area contributed by atoms with Crippen LogP contribution in [0.3, 0.4) is 0 Å². The van der Waals surface area contributed by atoms with E-state index in [-0.39, 0.29) is 5.75 Å². The molecule has 2 rings (SSSR count). The minimum atomic E-state index is -3.88. The highest BCUT2D eigenvalue weighted by atomic mass is 32.2. The average molecular weight is 262 g/mol. The van der Waals surface area contributed by atoms with Gasteiger partial charge >= 0.3 is 0 Å². The normalized spacial score (nSPS) is 11.4. The van der Waals surface area contributed by atoms with Crippen molar-refractivity contribution >= 4 is 10.1 Å². The second kappa shape index (κ2) is 5.33. The highest BCUT2D eigenvalue weighted by Crippen LogP contribution is 2.19. The molecule has 0 spiro atoms. The van der Waals surface area contributed by atoms with Crippen molar-refractivity contribution in [2.24, 2.45) is 0 Å². The SMILES string of the molecule is O=S(=O)(O)CCc1ccc(-c2ccccc2)cc1. The molecule has 0 unspecified atom stereocenters. The third-order valence-electron chi connectivity index (χ3n) is 2.71. The standard InChI is InChI=1S/C14H14O3S/c15-18(16,17)11-10-12-6-8-14(9-7-12)13-4-2-1-3-5-13/h1-9H,10-11H2,(H,15,16,17). The summed E-state index contributed by atoms with van der Waals surface area (Å²) in [4.78, 5) is 0. The fourth-order valence-corrected chi connectivity index (χ4v) is 2.23. The summed E-state index contributed by atoms with van der Waals surface area (Å²) in [5, 5.41) is 0. The van der Waals surface area contributed by atoms with E-state index in [1.807, 2.05) is 54.6 Å². The summed E-state index contributed by atoms with van der Waals surface area (Å²) in [5.41, 5.74) is 3.11. The van der Waals surface area contributed by atoms with Gasteiger partial charge in [0, 0.05) is 0 Å². The van der Waals surface area contributed by atoms with Crippen molar-refractivity contribution < 1.29 is 13.0 Å². The molecule has 0 aliphatic carbocycles. The Bertz CT molecular complexity index is 601. The van der Waals surface area contributed by atoms with Crippen LogP contribution in [-0.2, 0) is 16.5 Å². The maximum Gasteiger partial charge on any atom is 0.265 e. The maximum atomic E-state index is 10.6. The molecular weight excluding hydrogens is 248 g/mol. The Hall–Kier alpha value is -1.65. The highest BCUT2D eigenvalue weighted by molar-refractivity contribution is 7.85. The van der Waals surface area contributed by atoms with Gasteiger partial charge in [0.15, 0.2) is 0 Å². The lowest BCUT2D eigenvalue weighted by Crippen LogP contribution is -2.06. The third kappa shape index (κ3) is 3.68. The van der Waals surface area contributed by atoms with Crippen molar-refractivity contribution in [3.8, 4) is 11.1 Å². The lowest BCUT2D eigenvalue weighted by atomic mass is 10.0. The Morgan fingerprint density at radius 3 is 1.94 bits per heavy atom. The molecule has 18 heavy (non-hydrogen) atoms. The minimum Gasteiger partial charge on any atom is -0.286 e. The molecule has 0 bridgehead atoms. The molecule has 0 fully saturated rings. The van der Waals surface area contributed by atoms with Crippen molar-refractivity contribution in [1.82, 2.24) is 0 Å². The summed E-state index contributed by atoms with van der Waals surface area (Å²) in [6.07, 6.45) is 0.327. The minimum absolute atomic E-state index is 0.238. The van der Waals surface area contributed by atoms with Crippen molar-refractivity contribution in [2.75, 3.05) is 5.75 Å². The molecule has 94 valence electrons. The second-order valence-electron chi connectivity index (χ2n) is 4.10. The van der Waals surface area contributed by atoms with Gasteiger partial charge in [-0.2, -0.15) is 8.42 Å². The Morgan fingerprint density at radius 1 is 0.833 bits per heavy atom. The molecule has 3 nitrogen and oxygen atoms in total. The summed E-state index contributed by atoms with van der Waals surface area (Å²) in [6.45, 7) is 0. The first kappa shape index (κ1) is 12.8.